The first-order chi connectivity index (χ1) is 12.6. The molecule has 1 aromatic rings. The van der Waals surface area contributed by atoms with Crippen molar-refractivity contribution >= 4 is 29.4 Å². The van der Waals surface area contributed by atoms with Crippen LogP contribution >= 0.6 is 11.6 Å². The van der Waals surface area contributed by atoms with Gasteiger partial charge in [-0.25, -0.2) is 9.59 Å². The van der Waals surface area contributed by atoms with Crippen LogP contribution in [0.4, 0.5) is 10.5 Å². The van der Waals surface area contributed by atoms with Crippen LogP contribution in [0.1, 0.15) is 44.0 Å². The number of carbonyl (C=O) groups excluding carboxylic acids is 2. The maximum Gasteiger partial charge on any atom is 0.410 e. The van der Waals surface area contributed by atoms with Gasteiger partial charge in [-0.1, -0.05) is 11.6 Å². The lowest BCUT2D eigenvalue weighted by Gasteiger charge is -2.33. The molecular weight excluding hydrogens is 372 g/mol. The number of anilines is 1. The van der Waals surface area contributed by atoms with E-state index in [1.807, 2.05) is 20.8 Å². The summed E-state index contributed by atoms with van der Waals surface area (Å²) in [5, 5.41) is 0.272. The fourth-order valence-electron chi connectivity index (χ4n) is 2.78. The Labute approximate surface area is 164 Å². The van der Waals surface area contributed by atoms with E-state index in [-0.39, 0.29) is 29.2 Å². The number of halogens is 1. The minimum atomic E-state index is -0.511. The summed E-state index contributed by atoms with van der Waals surface area (Å²) >= 11 is 5.99. The van der Waals surface area contributed by atoms with Crippen LogP contribution in [-0.2, 0) is 9.47 Å². The molecule has 0 bridgehead atoms. The molecule has 7 nitrogen and oxygen atoms in total. The standard InChI is InChI=1S/C19H27ClN2O5/c1-19(2,3)27-18(24)22-7-5-12(6-8-22)11-26-17(23)13-9-14(20)15(21)10-16(13)25-4/h9-10,12H,5-8,11,21H2,1-4H3. The van der Waals surface area contributed by atoms with Crippen molar-refractivity contribution in [1.82, 2.24) is 4.90 Å². The number of hydrogen-bond acceptors (Lipinski definition) is 6. The van der Waals surface area contributed by atoms with Gasteiger partial charge in [0.05, 0.1) is 24.4 Å². The zero-order valence-corrected chi connectivity index (χ0v) is 17.0. The predicted octanol–water partition coefficient (Wildman–Crippen LogP) is 3.73. The van der Waals surface area contributed by atoms with Gasteiger partial charge < -0.3 is 24.8 Å². The Morgan fingerprint density at radius 3 is 2.44 bits per heavy atom. The molecule has 1 aromatic carbocycles. The highest BCUT2D eigenvalue weighted by Crippen LogP contribution is 2.29. The monoisotopic (exact) mass is 398 g/mol. The van der Waals surface area contributed by atoms with Crippen molar-refractivity contribution in [2.75, 3.05) is 32.5 Å². The third-order valence-electron chi connectivity index (χ3n) is 4.26. The summed E-state index contributed by atoms with van der Waals surface area (Å²) in [4.78, 5) is 26.1. The Hall–Kier alpha value is -2.15. The number of methoxy groups -OCH3 is 1. The molecule has 150 valence electrons. The van der Waals surface area contributed by atoms with E-state index in [1.165, 1.54) is 19.2 Å². The molecule has 1 aliphatic rings. The van der Waals surface area contributed by atoms with Crippen LogP contribution in [0.15, 0.2) is 12.1 Å². The third-order valence-corrected chi connectivity index (χ3v) is 4.58. The molecule has 0 radical (unpaired) electrons. The lowest BCUT2D eigenvalue weighted by atomic mass is 9.98. The van der Waals surface area contributed by atoms with Gasteiger partial charge in [0, 0.05) is 19.2 Å². The minimum absolute atomic E-state index is 0.183. The maximum absolute atomic E-state index is 12.4. The molecule has 1 saturated heterocycles. The topological polar surface area (TPSA) is 91.1 Å². The van der Waals surface area contributed by atoms with E-state index in [9.17, 15) is 9.59 Å². The van der Waals surface area contributed by atoms with E-state index in [1.54, 1.807) is 4.90 Å². The Balaban J connectivity index is 1.86. The molecule has 0 spiro atoms. The predicted molar refractivity (Wildman–Crippen MR) is 103 cm³/mol. The minimum Gasteiger partial charge on any atom is -0.496 e. The SMILES string of the molecule is COc1cc(N)c(Cl)cc1C(=O)OCC1CCN(C(=O)OC(C)(C)C)CC1. The van der Waals surface area contributed by atoms with Crippen LogP contribution < -0.4 is 10.5 Å². The molecule has 0 unspecified atom stereocenters. The molecule has 8 heteroatoms. The summed E-state index contributed by atoms with van der Waals surface area (Å²) in [5.41, 5.74) is 5.79. The number of nitrogen functional groups attached to an aromatic ring is 1. The molecule has 2 N–H and O–H groups in total. The van der Waals surface area contributed by atoms with Crippen molar-refractivity contribution in [3.8, 4) is 5.75 Å². The van der Waals surface area contributed by atoms with Crippen molar-refractivity contribution < 1.29 is 23.8 Å². The van der Waals surface area contributed by atoms with Crippen LogP contribution in [0.25, 0.3) is 0 Å². The van der Waals surface area contributed by atoms with Gasteiger partial charge in [-0.2, -0.15) is 0 Å². The smallest absolute Gasteiger partial charge is 0.410 e. The Morgan fingerprint density at radius 1 is 1.26 bits per heavy atom. The molecular formula is C19H27ClN2O5. The normalized spacial score (nSPS) is 15.4. The van der Waals surface area contributed by atoms with E-state index in [2.05, 4.69) is 0 Å². The second kappa shape index (κ2) is 8.69. The van der Waals surface area contributed by atoms with E-state index >= 15 is 0 Å². The molecule has 1 aliphatic heterocycles. The summed E-state index contributed by atoms with van der Waals surface area (Å²) in [7, 11) is 1.45. The average molecular weight is 399 g/mol. The first kappa shape index (κ1) is 21.2. The highest BCUT2D eigenvalue weighted by atomic mass is 35.5. The van der Waals surface area contributed by atoms with E-state index < -0.39 is 11.6 Å². The first-order valence-electron chi connectivity index (χ1n) is 8.88. The summed E-state index contributed by atoms with van der Waals surface area (Å²) in [6, 6.07) is 2.95. The largest absolute Gasteiger partial charge is 0.496 e. The molecule has 1 heterocycles. The summed E-state index contributed by atoms with van der Waals surface area (Å²) in [6.45, 7) is 6.95. The fourth-order valence-corrected chi connectivity index (χ4v) is 2.94. The number of esters is 1. The number of piperidine rings is 1. The van der Waals surface area contributed by atoms with E-state index in [4.69, 9.17) is 31.5 Å². The van der Waals surface area contributed by atoms with Crippen molar-refractivity contribution in [2.24, 2.45) is 5.92 Å². The molecule has 0 aromatic heterocycles. The van der Waals surface area contributed by atoms with E-state index in [0.29, 0.717) is 24.5 Å². The van der Waals surface area contributed by atoms with Gasteiger partial charge in [0.1, 0.15) is 16.9 Å². The number of rotatable bonds is 4. The zero-order valence-electron chi connectivity index (χ0n) is 16.2. The zero-order chi connectivity index (χ0) is 20.2. The first-order valence-corrected chi connectivity index (χ1v) is 9.26. The molecule has 0 aliphatic carbocycles. The molecule has 1 fully saturated rings. The number of hydrogen-bond donors (Lipinski definition) is 1. The highest BCUT2D eigenvalue weighted by Gasteiger charge is 2.27. The van der Waals surface area contributed by atoms with Crippen LogP contribution in [0, 0.1) is 5.92 Å². The Morgan fingerprint density at radius 2 is 1.89 bits per heavy atom. The number of benzene rings is 1. The average Bonchev–Trinajstić information content (AvgIpc) is 2.60. The molecule has 0 atom stereocenters. The third kappa shape index (κ3) is 5.92. The quantitative estimate of drug-likeness (QED) is 0.613. The Kier molecular flexibility index (Phi) is 6.81. The number of nitrogens with two attached hydrogens (primary N) is 1. The van der Waals surface area contributed by atoms with Gasteiger partial charge in [0.15, 0.2) is 0 Å². The lowest BCUT2D eigenvalue weighted by molar-refractivity contribution is 0.0114. The van der Waals surface area contributed by atoms with Gasteiger partial charge in [0.2, 0.25) is 0 Å². The van der Waals surface area contributed by atoms with Crippen LogP contribution in [0.5, 0.6) is 5.75 Å². The van der Waals surface area contributed by atoms with Crippen molar-refractivity contribution in [2.45, 2.75) is 39.2 Å². The maximum atomic E-state index is 12.4. The summed E-state index contributed by atoms with van der Waals surface area (Å²) in [6.07, 6.45) is 1.18. The van der Waals surface area contributed by atoms with Gasteiger partial charge in [-0.15, -0.1) is 0 Å². The van der Waals surface area contributed by atoms with Crippen LogP contribution in [-0.4, -0.2) is 49.4 Å². The molecule has 1 amide bonds. The summed E-state index contributed by atoms with van der Waals surface area (Å²) < 4.78 is 16.0. The second-order valence-corrected chi connectivity index (χ2v) is 7.99. The molecule has 27 heavy (non-hydrogen) atoms. The summed E-state index contributed by atoms with van der Waals surface area (Å²) in [5.74, 6) is -0.00662. The van der Waals surface area contributed by atoms with Gasteiger partial charge >= 0.3 is 12.1 Å². The van der Waals surface area contributed by atoms with Crippen LogP contribution in [0.3, 0.4) is 0 Å². The van der Waals surface area contributed by atoms with Gasteiger partial charge in [0.25, 0.3) is 0 Å². The van der Waals surface area contributed by atoms with Gasteiger partial charge in [-0.3, -0.25) is 0 Å². The van der Waals surface area contributed by atoms with Crippen molar-refractivity contribution in [1.29, 1.82) is 0 Å². The number of likely N-dealkylation sites (tertiary alicyclic amines) is 1. The number of ether oxygens (including phenoxy) is 3. The van der Waals surface area contributed by atoms with Crippen molar-refractivity contribution in [3.63, 3.8) is 0 Å². The number of carbonyl (C=O) groups is 2. The van der Waals surface area contributed by atoms with Crippen LogP contribution in [0.2, 0.25) is 5.02 Å². The fraction of sp³-hybridized carbons (Fsp3) is 0.579. The highest BCUT2D eigenvalue weighted by molar-refractivity contribution is 6.33. The van der Waals surface area contributed by atoms with Gasteiger partial charge in [-0.05, 0) is 45.6 Å². The molecule has 0 saturated carbocycles. The Bertz CT molecular complexity index is 694. The lowest BCUT2D eigenvalue weighted by Crippen LogP contribution is -2.42. The number of amides is 1. The molecule has 2 rings (SSSR count). The van der Waals surface area contributed by atoms with E-state index in [0.717, 1.165) is 12.8 Å². The van der Waals surface area contributed by atoms with Crippen molar-refractivity contribution in [3.05, 3.63) is 22.7 Å². The second-order valence-electron chi connectivity index (χ2n) is 7.58. The number of nitrogens with zero attached hydrogens (tertiary/aromatic N) is 1.